The number of unbranched alkanes of at least 4 members (excludes halogenated alkanes) is 2. The van der Waals surface area contributed by atoms with Crippen molar-refractivity contribution in [3.05, 3.63) is 8.57 Å². The molecule has 0 radical (unpaired) electrons. The summed E-state index contributed by atoms with van der Waals surface area (Å²) in [5.41, 5.74) is 0. The van der Waals surface area contributed by atoms with E-state index in [1.807, 2.05) is 0 Å². The molecule has 0 aromatic carbocycles. The summed E-state index contributed by atoms with van der Waals surface area (Å²) in [7, 11) is 0. The molecule has 0 nitrogen and oxygen atoms in total. The van der Waals surface area contributed by atoms with Gasteiger partial charge in [0, 0.05) is 0 Å². The minimum absolute atomic E-state index is 1.21. The average molecular weight is 289 g/mol. The zero-order valence-electron chi connectivity index (χ0n) is 4.95. The SMILES string of the molecule is CCCC/C=C(\Br)I. The highest BCUT2D eigenvalue weighted by molar-refractivity contribution is 14.1. The van der Waals surface area contributed by atoms with Crippen molar-refractivity contribution in [1.29, 1.82) is 0 Å². The Morgan fingerprint density at radius 3 is 2.75 bits per heavy atom. The summed E-state index contributed by atoms with van der Waals surface area (Å²) >= 11 is 5.61. The van der Waals surface area contributed by atoms with E-state index in [0.29, 0.717) is 0 Å². The van der Waals surface area contributed by atoms with Crippen molar-refractivity contribution in [2.75, 3.05) is 0 Å². The molecule has 2 heteroatoms. The lowest BCUT2D eigenvalue weighted by Gasteiger charge is -1.86. The van der Waals surface area contributed by atoms with Crippen LogP contribution in [0.3, 0.4) is 0 Å². The van der Waals surface area contributed by atoms with Crippen molar-refractivity contribution in [3.63, 3.8) is 0 Å². The Morgan fingerprint density at radius 2 is 2.38 bits per heavy atom. The second-order valence-electron chi connectivity index (χ2n) is 1.64. The number of hydrogen-bond donors (Lipinski definition) is 0. The van der Waals surface area contributed by atoms with Crippen molar-refractivity contribution in [1.82, 2.24) is 0 Å². The molecule has 0 aromatic heterocycles. The molecular weight excluding hydrogens is 279 g/mol. The predicted octanol–water partition coefficient (Wildman–Crippen LogP) is 3.85. The first-order chi connectivity index (χ1) is 3.77. The molecule has 0 aliphatic carbocycles. The molecule has 0 N–H and O–H groups in total. The smallest absolute Gasteiger partial charge is 0.0519 e. The Morgan fingerprint density at radius 1 is 1.75 bits per heavy atom. The quantitative estimate of drug-likeness (QED) is 0.547. The summed E-state index contributed by atoms with van der Waals surface area (Å²) < 4.78 is 1.23. The topological polar surface area (TPSA) is 0 Å². The van der Waals surface area contributed by atoms with E-state index in [4.69, 9.17) is 0 Å². The van der Waals surface area contributed by atoms with Gasteiger partial charge in [0.05, 0.1) is 2.49 Å². The monoisotopic (exact) mass is 288 g/mol. The lowest BCUT2D eigenvalue weighted by atomic mass is 10.3. The maximum absolute atomic E-state index is 3.35. The van der Waals surface area contributed by atoms with Crippen molar-refractivity contribution in [3.8, 4) is 0 Å². The Hall–Kier alpha value is 0.950. The predicted molar refractivity (Wildman–Crippen MR) is 50.6 cm³/mol. The van der Waals surface area contributed by atoms with E-state index in [-0.39, 0.29) is 0 Å². The van der Waals surface area contributed by atoms with Crippen LogP contribution in [0.25, 0.3) is 0 Å². The fourth-order valence-electron chi connectivity index (χ4n) is 0.415. The zero-order valence-corrected chi connectivity index (χ0v) is 8.70. The van der Waals surface area contributed by atoms with Crippen LogP contribution in [0.1, 0.15) is 26.2 Å². The molecule has 0 bridgehead atoms. The lowest BCUT2D eigenvalue weighted by Crippen LogP contribution is -1.64. The summed E-state index contributed by atoms with van der Waals surface area (Å²) in [5, 5.41) is 0. The van der Waals surface area contributed by atoms with Gasteiger partial charge in [0.2, 0.25) is 0 Å². The van der Waals surface area contributed by atoms with Crippen LogP contribution in [0, 0.1) is 0 Å². The van der Waals surface area contributed by atoms with Gasteiger partial charge in [-0.25, -0.2) is 0 Å². The molecule has 0 aliphatic rings. The van der Waals surface area contributed by atoms with Crippen molar-refractivity contribution in [2.45, 2.75) is 26.2 Å². The average Bonchev–Trinajstić information content (AvgIpc) is 1.66. The summed E-state index contributed by atoms with van der Waals surface area (Å²) in [5.74, 6) is 0. The molecule has 0 aliphatic heterocycles. The maximum atomic E-state index is 3.35. The second-order valence-corrected chi connectivity index (χ2v) is 5.13. The molecule has 48 valence electrons. The third-order valence-electron chi connectivity index (χ3n) is 0.856. The number of allylic oxidation sites excluding steroid dienone is 1. The van der Waals surface area contributed by atoms with Crippen LogP contribution in [-0.2, 0) is 0 Å². The highest BCUT2D eigenvalue weighted by atomic mass is 127. The van der Waals surface area contributed by atoms with Gasteiger partial charge in [-0.2, -0.15) is 0 Å². The van der Waals surface area contributed by atoms with E-state index in [0.717, 1.165) is 0 Å². The van der Waals surface area contributed by atoms with Crippen molar-refractivity contribution >= 4 is 38.5 Å². The minimum Gasteiger partial charge on any atom is -0.0654 e. The van der Waals surface area contributed by atoms with Crippen LogP contribution in [0.5, 0.6) is 0 Å². The molecule has 0 saturated heterocycles. The molecule has 0 heterocycles. The van der Waals surface area contributed by atoms with Gasteiger partial charge in [-0.3, -0.25) is 0 Å². The van der Waals surface area contributed by atoms with Gasteiger partial charge >= 0.3 is 0 Å². The molecule has 0 spiro atoms. The lowest BCUT2D eigenvalue weighted by molar-refractivity contribution is 0.815. The van der Waals surface area contributed by atoms with E-state index >= 15 is 0 Å². The van der Waals surface area contributed by atoms with E-state index in [1.165, 1.54) is 21.8 Å². The zero-order chi connectivity index (χ0) is 6.41. The molecule has 0 fully saturated rings. The Labute approximate surface area is 73.0 Å². The standard InChI is InChI=1S/C6H10BrI/c1-2-3-4-5-6(7)8/h5H,2-4H2,1H3/b6-5+. The summed E-state index contributed by atoms with van der Waals surface area (Å²) in [6.07, 6.45) is 6.00. The third-order valence-corrected chi connectivity index (χ3v) is 1.62. The van der Waals surface area contributed by atoms with Crippen LogP contribution in [0.15, 0.2) is 8.57 Å². The second kappa shape index (κ2) is 6.08. The summed E-state index contributed by atoms with van der Waals surface area (Å²) in [6.45, 7) is 2.20. The molecule has 8 heavy (non-hydrogen) atoms. The van der Waals surface area contributed by atoms with Crippen LogP contribution in [-0.4, -0.2) is 0 Å². The van der Waals surface area contributed by atoms with E-state index in [9.17, 15) is 0 Å². The maximum Gasteiger partial charge on any atom is 0.0519 e. The van der Waals surface area contributed by atoms with E-state index in [1.54, 1.807) is 0 Å². The molecule has 0 amide bonds. The fourth-order valence-corrected chi connectivity index (χ4v) is 0.956. The van der Waals surface area contributed by atoms with Crippen molar-refractivity contribution in [2.24, 2.45) is 0 Å². The van der Waals surface area contributed by atoms with E-state index < -0.39 is 0 Å². The molecule has 0 rings (SSSR count). The minimum atomic E-state index is 1.21. The van der Waals surface area contributed by atoms with Gasteiger partial charge in [0.25, 0.3) is 0 Å². The largest absolute Gasteiger partial charge is 0.0654 e. The van der Waals surface area contributed by atoms with Crippen LogP contribution < -0.4 is 0 Å². The normalized spacial score (nSPS) is 12.1. The van der Waals surface area contributed by atoms with Gasteiger partial charge in [-0.15, -0.1) is 0 Å². The highest BCUT2D eigenvalue weighted by Crippen LogP contribution is 2.15. The van der Waals surface area contributed by atoms with Gasteiger partial charge in [0.1, 0.15) is 0 Å². The van der Waals surface area contributed by atoms with Crippen LogP contribution in [0.2, 0.25) is 0 Å². The van der Waals surface area contributed by atoms with Crippen LogP contribution in [0.4, 0.5) is 0 Å². The molecule has 0 atom stereocenters. The fraction of sp³-hybridized carbons (Fsp3) is 0.667. The summed E-state index contributed by atoms with van der Waals surface area (Å²) in [4.78, 5) is 0. The van der Waals surface area contributed by atoms with E-state index in [2.05, 4.69) is 51.5 Å². The molecule has 0 aromatic rings. The van der Waals surface area contributed by atoms with Gasteiger partial charge in [0.15, 0.2) is 0 Å². The van der Waals surface area contributed by atoms with Crippen molar-refractivity contribution < 1.29 is 0 Å². The van der Waals surface area contributed by atoms with Crippen LogP contribution >= 0.6 is 38.5 Å². The Balaban J connectivity index is 3.03. The Bertz CT molecular complexity index is 74.6. The Kier molecular flexibility index (Phi) is 6.80. The highest BCUT2D eigenvalue weighted by Gasteiger charge is 1.80. The van der Waals surface area contributed by atoms with Gasteiger partial charge < -0.3 is 0 Å². The van der Waals surface area contributed by atoms with Gasteiger partial charge in [-0.1, -0.05) is 25.8 Å². The number of hydrogen-bond acceptors (Lipinski definition) is 0. The third kappa shape index (κ3) is 6.95. The molecule has 0 saturated carbocycles. The first kappa shape index (κ1) is 8.95. The number of halogens is 2. The summed E-state index contributed by atoms with van der Waals surface area (Å²) in [6, 6.07) is 0. The molecule has 0 unspecified atom stereocenters. The van der Waals surface area contributed by atoms with Gasteiger partial charge in [-0.05, 0) is 44.9 Å². The first-order valence-electron chi connectivity index (χ1n) is 2.78. The molecular formula is C6H10BrI. The first-order valence-corrected chi connectivity index (χ1v) is 4.65. The number of rotatable bonds is 3.